The summed E-state index contributed by atoms with van der Waals surface area (Å²) in [6, 6.07) is 18.0. The van der Waals surface area contributed by atoms with E-state index in [0.29, 0.717) is 30.1 Å². The van der Waals surface area contributed by atoms with Crippen molar-refractivity contribution in [3.8, 4) is 0 Å². The van der Waals surface area contributed by atoms with Crippen molar-refractivity contribution >= 4 is 23.2 Å². The summed E-state index contributed by atoms with van der Waals surface area (Å²) >= 11 is 0. The van der Waals surface area contributed by atoms with Crippen LogP contribution in [0.15, 0.2) is 67.0 Å². The van der Waals surface area contributed by atoms with Crippen molar-refractivity contribution in [2.45, 2.75) is 58.0 Å². The third-order valence-corrected chi connectivity index (χ3v) is 7.43. The zero-order valence-corrected chi connectivity index (χ0v) is 20.7. The van der Waals surface area contributed by atoms with Crippen molar-refractivity contribution in [1.29, 1.82) is 0 Å². The summed E-state index contributed by atoms with van der Waals surface area (Å²) in [5.41, 5.74) is 5.72. The molecule has 2 amide bonds. The van der Waals surface area contributed by atoms with E-state index in [1.807, 2.05) is 30.3 Å². The average molecular weight is 483 g/mol. The molecule has 2 aliphatic rings. The molecular weight excluding hydrogens is 448 g/mol. The van der Waals surface area contributed by atoms with E-state index in [2.05, 4.69) is 44.8 Å². The van der Waals surface area contributed by atoms with Crippen LogP contribution < -0.4 is 15.5 Å². The predicted octanol–water partition coefficient (Wildman–Crippen LogP) is 5.48. The summed E-state index contributed by atoms with van der Waals surface area (Å²) in [4.78, 5) is 32.4. The van der Waals surface area contributed by atoms with Gasteiger partial charge in [0, 0.05) is 49.8 Å². The van der Waals surface area contributed by atoms with Gasteiger partial charge in [-0.25, -0.2) is 0 Å². The summed E-state index contributed by atoms with van der Waals surface area (Å²) in [7, 11) is 0. The van der Waals surface area contributed by atoms with Crippen molar-refractivity contribution in [3.63, 3.8) is 0 Å². The molecule has 2 heterocycles. The van der Waals surface area contributed by atoms with Crippen molar-refractivity contribution in [1.82, 2.24) is 10.3 Å². The summed E-state index contributed by atoms with van der Waals surface area (Å²) in [6.07, 6.45) is 10.9. The maximum Gasteiger partial charge on any atom is 0.253 e. The van der Waals surface area contributed by atoms with Crippen LogP contribution in [0, 0.1) is 5.92 Å². The molecule has 1 aliphatic carbocycles. The zero-order chi connectivity index (χ0) is 24.7. The van der Waals surface area contributed by atoms with Gasteiger partial charge >= 0.3 is 0 Å². The molecule has 3 aromatic rings. The van der Waals surface area contributed by atoms with Crippen LogP contribution in [0.5, 0.6) is 0 Å². The number of carbonyl (C=O) groups is 2. The zero-order valence-electron chi connectivity index (χ0n) is 20.7. The van der Waals surface area contributed by atoms with Gasteiger partial charge in [0.25, 0.3) is 5.91 Å². The maximum atomic E-state index is 13.4. The number of pyridine rings is 1. The Morgan fingerprint density at radius 3 is 2.64 bits per heavy atom. The molecule has 186 valence electrons. The van der Waals surface area contributed by atoms with Gasteiger partial charge in [0.05, 0.1) is 5.56 Å². The Hall–Kier alpha value is -3.67. The minimum Gasteiger partial charge on any atom is -0.366 e. The first-order valence-electron chi connectivity index (χ1n) is 13.1. The molecule has 1 fully saturated rings. The SMILES string of the molecule is O=C(CCC1CCCC1)Nc1ccc(N2CCc3ccccc3C2)c(C(=O)NCc2cccnc2)c1. The summed E-state index contributed by atoms with van der Waals surface area (Å²) in [5, 5.41) is 6.07. The topological polar surface area (TPSA) is 74.3 Å². The smallest absolute Gasteiger partial charge is 0.253 e. The van der Waals surface area contributed by atoms with Crippen LogP contribution in [-0.4, -0.2) is 23.3 Å². The molecule has 1 aliphatic heterocycles. The van der Waals surface area contributed by atoms with E-state index in [1.54, 1.807) is 12.4 Å². The number of rotatable bonds is 8. The Labute approximate surface area is 213 Å². The van der Waals surface area contributed by atoms with Crippen molar-refractivity contribution in [2.24, 2.45) is 5.92 Å². The second-order valence-electron chi connectivity index (χ2n) is 9.95. The van der Waals surface area contributed by atoms with E-state index in [-0.39, 0.29) is 11.8 Å². The van der Waals surface area contributed by atoms with Crippen LogP contribution in [-0.2, 0) is 24.3 Å². The Bertz CT molecular complexity index is 1200. The number of nitrogens with zero attached hydrogens (tertiary/aromatic N) is 2. The molecule has 6 nitrogen and oxygen atoms in total. The predicted molar refractivity (Wildman–Crippen MR) is 143 cm³/mol. The lowest BCUT2D eigenvalue weighted by molar-refractivity contribution is -0.116. The first-order valence-corrected chi connectivity index (χ1v) is 13.1. The van der Waals surface area contributed by atoms with Crippen LogP contribution in [0.25, 0.3) is 0 Å². The molecule has 2 aromatic carbocycles. The Morgan fingerprint density at radius 1 is 1.00 bits per heavy atom. The fourth-order valence-electron chi connectivity index (χ4n) is 5.41. The third-order valence-electron chi connectivity index (χ3n) is 7.43. The molecule has 0 unspecified atom stereocenters. The average Bonchev–Trinajstić information content (AvgIpc) is 3.45. The summed E-state index contributed by atoms with van der Waals surface area (Å²) in [6.45, 7) is 1.99. The number of amides is 2. The number of aromatic nitrogens is 1. The van der Waals surface area contributed by atoms with Crippen molar-refractivity contribution < 1.29 is 9.59 Å². The number of hydrogen-bond donors (Lipinski definition) is 2. The van der Waals surface area contributed by atoms with Crippen molar-refractivity contribution in [2.75, 3.05) is 16.8 Å². The standard InChI is InChI=1S/C30H34N4O2/c35-29(14-11-22-6-1-2-7-22)33-26-12-13-28(34-17-15-24-9-3-4-10-25(24)21-34)27(18-26)30(36)32-20-23-8-5-16-31-19-23/h3-5,8-10,12-13,16,18-19,22H,1-2,6-7,11,14-15,17,20-21H2,(H,32,36)(H,33,35). The van der Waals surface area contributed by atoms with E-state index in [4.69, 9.17) is 0 Å². The van der Waals surface area contributed by atoms with Gasteiger partial charge in [-0.3, -0.25) is 14.6 Å². The lowest BCUT2D eigenvalue weighted by Crippen LogP contribution is -2.33. The Morgan fingerprint density at radius 2 is 1.83 bits per heavy atom. The van der Waals surface area contributed by atoms with E-state index >= 15 is 0 Å². The Kier molecular flexibility index (Phi) is 7.60. The summed E-state index contributed by atoms with van der Waals surface area (Å²) in [5.74, 6) is 0.534. The molecule has 5 rings (SSSR count). The highest BCUT2D eigenvalue weighted by atomic mass is 16.2. The monoisotopic (exact) mass is 482 g/mol. The number of carbonyl (C=O) groups excluding carboxylic acids is 2. The highest BCUT2D eigenvalue weighted by molar-refractivity contribution is 6.02. The van der Waals surface area contributed by atoms with Gasteiger partial charge in [0.2, 0.25) is 5.91 Å². The largest absolute Gasteiger partial charge is 0.366 e. The van der Waals surface area contributed by atoms with Crippen LogP contribution in [0.1, 0.15) is 65.6 Å². The van der Waals surface area contributed by atoms with Crippen LogP contribution in [0.4, 0.5) is 11.4 Å². The van der Waals surface area contributed by atoms with E-state index in [9.17, 15) is 9.59 Å². The quantitative estimate of drug-likeness (QED) is 0.446. The minimum atomic E-state index is -0.158. The van der Waals surface area contributed by atoms with Crippen LogP contribution >= 0.6 is 0 Å². The molecule has 2 N–H and O–H groups in total. The minimum absolute atomic E-state index is 0.0169. The second kappa shape index (κ2) is 11.4. The van der Waals surface area contributed by atoms with E-state index in [1.165, 1.54) is 36.8 Å². The van der Waals surface area contributed by atoms with Gasteiger partial charge in [-0.05, 0) is 59.7 Å². The van der Waals surface area contributed by atoms with Gasteiger partial charge < -0.3 is 15.5 Å². The normalized spacial score (nSPS) is 15.4. The highest BCUT2D eigenvalue weighted by Gasteiger charge is 2.22. The maximum absolute atomic E-state index is 13.4. The number of hydrogen-bond acceptors (Lipinski definition) is 4. The number of nitrogens with one attached hydrogen (secondary N) is 2. The molecule has 0 spiro atoms. The van der Waals surface area contributed by atoms with Gasteiger partial charge in [0.1, 0.15) is 0 Å². The van der Waals surface area contributed by atoms with E-state index in [0.717, 1.165) is 37.2 Å². The lowest BCUT2D eigenvalue weighted by Gasteiger charge is -2.32. The number of anilines is 2. The van der Waals surface area contributed by atoms with Crippen LogP contribution in [0.3, 0.4) is 0 Å². The molecule has 0 saturated heterocycles. The molecule has 1 aromatic heterocycles. The number of fused-ring (bicyclic) bond motifs is 1. The van der Waals surface area contributed by atoms with Gasteiger partial charge in [-0.2, -0.15) is 0 Å². The van der Waals surface area contributed by atoms with Gasteiger partial charge in [-0.1, -0.05) is 56.0 Å². The Balaban J connectivity index is 1.33. The lowest BCUT2D eigenvalue weighted by atomic mass is 9.98. The molecule has 6 heteroatoms. The van der Waals surface area contributed by atoms with Crippen molar-refractivity contribution in [3.05, 3.63) is 89.2 Å². The second-order valence-corrected chi connectivity index (χ2v) is 9.95. The first kappa shape index (κ1) is 24.0. The number of benzene rings is 2. The van der Waals surface area contributed by atoms with Gasteiger partial charge in [-0.15, -0.1) is 0 Å². The van der Waals surface area contributed by atoms with Gasteiger partial charge in [0.15, 0.2) is 0 Å². The van der Waals surface area contributed by atoms with E-state index < -0.39 is 0 Å². The fourth-order valence-corrected chi connectivity index (χ4v) is 5.41. The molecular formula is C30H34N4O2. The molecule has 0 radical (unpaired) electrons. The molecule has 0 bridgehead atoms. The third kappa shape index (κ3) is 5.93. The molecule has 1 saturated carbocycles. The summed E-state index contributed by atoms with van der Waals surface area (Å²) < 4.78 is 0. The molecule has 36 heavy (non-hydrogen) atoms. The van der Waals surface area contributed by atoms with Crippen LogP contribution in [0.2, 0.25) is 0 Å². The fraction of sp³-hybridized carbons (Fsp3) is 0.367. The molecule has 0 atom stereocenters. The first-order chi connectivity index (χ1) is 17.7. The highest BCUT2D eigenvalue weighted by Crippen LogP contribution is 2.31.